The predicted octanol–water partition coefficient (Wildman–Crippen LogP) is 3.24. The molecule has 1 saturated heterocycles. The van der Waals surface area contributed by atoms with E-state index in [-0.39, 0.29) is 17.3 Å². The number of carbonyl (C=O) groups excluding carboxylic acids is 1. The van der Waals surface area contributed by atoms with Crippen LogP contribution in [0.2, 0.25) is 5.02 Å². The van der Waals surface area contributed by atoms with Gasteiger partial charge in [-0.05, 0) is 37.9 Å². The van der Waals surface area contributed by atoms with Crippen molar-refractivity contribution >= 4 is 23.2 Å². The number of nitrogens with zero attached hydrogens (tertiary/aromatic N) is 2. The third-order valence-corrected chi connectivity index (χ3v) is 4.39. The average Bonchev–Trinajstić information content (AvgIpc) is 2.53. The number of carbonyl (C=O) groups is 1. The number of halogens is 1. The monoisotopic (exact) mass is 339 g/mol. The number of benzene rings is 1. The first-order valence-corrected chi connectivity index (χ1v) is 8.36. The summed E-state index contributed by atoms with van der Waals surface area (Å²) in [4.78, 5) is 25.2. The molecule has 0 unspecified atom stereocenters. The Morgan fingerprint density at radius 3 is 2.74 bits per heavy atom. The van der Waals surface area contributed by atoms with E-state index in [0.29, 0.717) is 5.02 Å². The highest BCUT2D eigenvalue weighted by Gasteiger charge is 2.25. The van der Waals surface area contributed by atoms with Crippen molar-refractivity contribution in [2.45, 2.75) is 38.6 Å². The van der Waals surface area contributed by atoms with Gasteiger partial charge in [0.2, 0.25) is 0 Å². The normalized spacial score (nSPS) is 16.3. The molecule has 0 spiro atoms. The van der Waals surface area contributed by atoms with E-state index < -0.39 is 10.8 Å². The van der Waals surface area contributed by atoms with E-state index in [1.807, 2.05) is 0 Å². The zero-order chi connectivity index (χ0) is 16.8. The highest BCUT2D eigenvalue weighted by molar-refractivity contribution is 6.31. The first-order valence-electron chi connectivity index (χ1n) is 7.98. The molecule has 1 aromatic rings. The fourth-order valence-electron chi connectivity index (χ4n) is 2.80. The van der Waals surface area contributed by atoms with Gasteiger partial charge in [-0.3, -0.25) is 14.9 Å². The van der Waals surface area contributed by atoms with E-state index in [1.54, 1.807) is 0 Å². The quantitative estimate of drug-likeness (QED) is 0.637. The van der Waals surface area contributed by atoms with Crippen LogP contribution in [0.25, 0.3) is 0 Å². The number of likely N-dealkylation sites (tertiary alicyclic amines) is 1. The predicted molar refractivity (Wildman–Crippen MR) is 89.9 cm³/mol. The summed E-state index contributed by atoms with van der Waals surface area (Å²) < 4.78 is 0. The molecule has 1 fully saturated rings. The Morgan fingerprint density at radius 2 is 2.13 bits per heavy atom. The minimum atomic E-state index is -0.557. The van der Waals surface area contributed by atoms with Gasteiger partial charge in [0.15, 0.2) is 0 Å². The van der Waals surface area contributed by atoms with Gasteiger partial charge in [-0.1, -0.05) is 24.9 Å². The average molecular weight is 340 g/mol. The van der Waals surface area contributed by atoms with Crippen LogP contribution < -0.4 is 5.32 Å². The molecule has 2 rings (SSSR count). The lowest BCUT2D eigenvalue weighted by Crippen LogP contribution is -2.44. The molecule has 1 amide bonds. The molecule has 6 nitrogen and oxygen atoms in total. The van der Waals surface area contributed by atoms with Gasteiger partial charge in [0, 0.05) is 30.2 Å². The lowest BCUT2D eigenvalue weighted by atomic mass is 10.0. The largest absolute Gasteiger partial charge is 0.349 e. The number of hydrogen-bond donors (Lipinski definition) is 1. The molecular weight excluding hydrogens is 318 g/mol. The topological polar surface area (TPSA) is 75.5 Å². The van der Waals surface area contributed by atoms with Crippen LogP contribution in [0, 0.1) is 10.1 Å². The van der Waals surface area contributed by atoms with Crippen molar-refractivity contribution in [3.8, 4) is 0 Å². The van der Waals surface area contributed by atoms with E-state index in [4.69, 9.17) is 11.6 Å². The molecule has 0 aromatic heterocycles. The zero-order valence-electron chi connectivity index (χ0n) is 13.3. The molecule has 0 aliphatic carbocycles. The summed E-state index contributed by atoms with van der Waals surface area (Å²) in [5, 5.41) is 14.3. The molecule has 1 heterocycles. The third kappa shape index (κ3) is 4.91. The smallest absolute Gasteiger partial charge is 0.282 e. The molecule has 7 heteroatoms. The number of hydrogen-bond acceptors (Lipinski definition) is 4. The van der Waals surface area contributed by atoms with Gasteiger partial charge in [0.25, 0.3) is 11.6 Å². The SMILES string of the molecule is CCCCN1CCC(NC(=O)c2cc(Cl)ccc2[N+](=O)[O-])CC1. The van der Waals surface area contributed by atoms with Crippen LogP contribution in [0.1, 0.15) is 43.0 Å². The minimum Gasteiger partial charge on any atom is -0.349 e. The number of nitro benzene ring substituents is 1. The van der Waals surface area contributed by atoms with Crippen molar-refractivity contribution < 1.29 is 9.72 Å². The molecular formula is C16H22ClN3O3. The maximum atomic E-state index is 12.4. The fourth-order valence-corrected chi connectivity index (χ4v) is 2.97. The van der Waals surface area contributed by atoms with Gasteiger partial charge in [-0.15, -0.1) is 0 Å². The molecule has 1 N–H and O–H groups in total. The van der Waals surface area contributed by atoms with Gasteiger partial charge in [-0.2, -0.15) is 0 Å². The van der Waals surface area contributed by atoms with Crippen molar-refractivity contribution in [2.24, 2.45) is 0 Å². The highest BCUT2D eigenvalue weighted by Crippen LogP contribution is 2.23. The number of nitro groups is 1. The summed E-state index contributed by atoms with van der Waals surface area (Å²) in [6, 6.07) is 4.09. The summed E-state index contributed by atoms with van der Waals surface area (Å²) in [7, 11) is 0. The van der Waals surface area contributed by atoms with E-state index in [1.165, 1.54) is 31.0 Å². The summed E-state index contributed by atoms with van der Waals surface area (Å²) in [6.07, 6.45) is 4.09. The summed E-state index contributed by atoms with van der Waals surface area (Å²) in [5.74, 6) is -0.425. The Bertz CT molecular complexity index is 572. The molecule has 0 bridgehead atoms. The molecule has 0 saturated carbocycles. The van der Waals surface area contributed by atoms with Gasteiger partial charge in [0.05, 0.1) is 4.92 Å². The van der Waals surface area contributed by atoms with Crippen molar-refractivity contribution in [1.82, 2.24) is 10.2 Å². The van der Waals surface area contributed by atoms with E-state index >= 15 is 0 Å². The van der Waals surface area contributed by atoms with E-state index in [2.05, 4.69) is 17.1 Å². The van der Waals surface area contributed by atoms with Crippen molar-refractivity contribution in [2.75, 3.05) is 19.6 Å². The maximum absolute atomic E-state index is 12.4. The minimum absolute atomic E-state index is 0.0240. The molecule has 23 heavy (non-hydrogen) atoms. The van der Waals surface area contributed by atoms with Gasteiger partial charge in [-0.25, -0.2) is 0 Å². The second kappa shape index (κ2) is 8.26. The number of piperidine rings is 1. The standard InChI is InChI=1S/C16H22ClN3O3/c1-2-3-8-19-9-6-13(7-10-19)18-16(21)14-11-12(17)4-5-15(14)20(22)23/h4-5,11,13H,2-3,6-10H2,1H3,(H,18,21). The highest BCUT2D eigenvalue weighted by atomic mass is 35.5. The summed E-state index contributed by atoms with van der Waals surface area (Å²) in [6.45, 7) is 5.16. The lowest BCUT2D eigenvalue weighted by Gasteiger charge is -2.32. The van der Waals surface area contributed by atoms with Gasteiger partial charge < -0.3 is 10.2 Å². The lowest BCUT2D eigenvalue weighted by molar-refractivity contribution is -0.385. The Kier molecular flexibility index (Phi) is 6.36. The van der Waals surface area contributed by atoms with Crippen LogP contribution in [0.4, 0.5) is 5.69 Å². The molecule has 1 aliphatic heterocycles. The van der Waals surface area contributed by atoms with Gasteiger partial charge >= 0.3 is 0 Å². The molecule has 1 aromatic carbocycles. The molecule has 0 radical (unpaired) electrons. The second-order valence-corrected chi connectivity index (χ2v) is 6.30. The molecule has 126 valence electrons. The Balaban J connectivity index is 1.96. The molecule has 1 aliphatic rings. The Labute approximate surface area is 141 Å². The van der Waals surface area contributed by atoms with Crippen LogP contribution in [0.15, 0.2) is 18.2 Å². The van der Waals surface area contributed by atoms with E-state index in [9.17, 15) is 14.9 Å². The van der Waals surface area contributed by atoms with Crippen LogP contribution in [-0.4, -0.2) is 41.4 Å². The maximum Gasteiger partial charge on any atom is 0.282 e. The van der Waals surface area contributed by atoms with Crippen molar-refractivity contribution in [3.63, 3.8) is 0 Å². The first-order chi connectivity index (χ1) is 11.0. The fraction of sp³-hybridized carbons (Fsp3) is 0.562. The summed E-state index contributed by atoms with van der Waals surface area (Å²) >= 11 is 5.87. The second-order valence-electron chi connectivity index (χ2n) is 5.86. The van der Waals surface area contributed by atoms with Crippen LogP contribution in [0.3, 0.4) is 0 Å². The number of unbranched alkanes of at least 4 members (excludes halogenated alkanes) is 1. The van der Waals surface area contributed by atoms with Crippen molar-refractivity contribution in [1.29, 1.82) is 0 Å². The third-order valence-electron chi connectivity index (χ3n) is 4.15. The van der Waals surface area contributed by atoms with E-state index in [0.717, 1.165) is 32.5 Å². The number of rotatable bonds is 6. The first kappa shape index (κ1) is 17.7. The van der Waals surface area contributed by atoms with Crippen LogP contribution in [0.5, 0.6) is 0 Å². The Hall–Kier alpha value is -1.66. The Morgan fingerprint density at radius 1 is 1.43 bits per heavy atom. The number of nitrogens with one attached hydrogen (secondary N) is 1. The number of amides is 1. The zero-order valence-corrected chi connectivity index (χ0v) is 14.0. The van der Waals surface area contributed by atoms with Crippen LogP contribution in [-0.2, 0) is 0 Å². The van der Waals surface area contributed by atoms with Crippen molar-refractivity contribution in [3.05, 3.63) is 38.9 Å². The molecule has 0 atom stereocenters. The van der Waals surface area contributed by atoms with Gasteiger partial charge in [0.1, 0.15) is 5.56 Å². The summed E-state index contributed by atoms with van der Waals surface area (Å²) in [5.41, 5.74) is -0.191. The van der Waals surface area contributed by atoms with Crippen LogP contribution >= 0.6 is 11.6 Å².